The van der Waals surface area contributed by atoms with Crippen molar-refractivity contribution in [1.82, 2.24) is 9.97 Å². The molecule has 0 spiro atoms. The topological polar surface area (TPSA) is 73.6 Å². The lowest BCUT2D eigenvalue weighted by Crippen LogP contribution is -2.06. The van der Waals surface area contributed by atoms with E-state index in [1.165, 1.54) is 6.20 Å². The zero-order chi connectivity index (χ0) is 19.4. The number of nitrogens with zero attached hydrogens (tertiary/aromatic N) is 3. The van der Waals surface area contributed by atoms with Crippen molar-refractivity contribution in [2.75, 3.05) is 10.6 Å². The smallest absolute Gasteiger partial charge is 0.340 e. The Morgan fingerprint density at radius 3 is 2.41 bits per heavy atom. The fourth-order valence-electron chi connectivity index (χ4n) is 2.18. The Morgan fingerprint density at radius 2 is 1.74 bits per heavy atom. The summed E-state index contributed by atoms with van der Waals surface area (Å²) in [6.07, 6.45) is -3.04. The number of alkyl halides is 3. The Morgan fingerprint density at radius 1 is 1.00 bits per heavy atom. The number of rotatable bonds is 4. The highest BCUT2D eigenvalue weighted by Gasteiger charge is 2.31. The molecule has 0 fully saturated rings. The van der Waals surface area contributed by atoms with Crippen LogP contribution in [0.25, 0.3) is 0 Å². The van der Waals surface area contributed by atoms with E-state index in [-0.39, 0.29) is 16.7 Å². The second-order valence-corrected chi connectivity index (χ2v) is 5.80. The number of nitrogens with one attached hydrogen (secondary N) is 2. The van der Waals surface area contributed by atoms with Crippen LogP contribution in [0.5, 0.6) is 0 Å². The van der Waals surface area contributed by atoms with E-state index in [4.69, 9.17) is 16.9 Å². The van der Waals surface area contributed by atoms with Crippen molar-refractivity contribution in [2.24, 2.45) is 0 Å². The van der Waals surface area contributed by atoms with Gasteiger partial charge in [-0.05, 0) is 48.5 Å². The minimum absolute atomic E-state index is 0.0435. The van der Waals surface area contributed by atoms with Crippen LogP contribution in [0.2, 0.25) is 5.02 Å². The van der Waals surface area contributed by atoms with E-state index >= 15 is 0 Å². The highest BCUT2D eigenvalue weighted by Crippen LogP contribution is 2.34. The Bertz CT molecular complexity index is 997. The summed E-state index contributed by atoms with van der Waals surface area (Å²) < 4.78 is 38.6. The van der Waals surface area contributed by atoms with E-state index in [0.29, 0.717) is 17.1 Å². The summed E-state index contributed by atoms with van der Waals surface area (Å²) >= 11 is 5.97. The third kappa shape index (κ3) is 4.65. The molecule has 3 rings (SSSR count). The minimum atomic E-state index is -4.49. The number of halogens is 4. The molecule has 0 radical (unpaired) electrons. The number of aromatic nitrogens is 2. The van der Waals surface area contributed by atoms with Gasteiger partial charge >= 0.3 is 6.18 Å². The van der Waals surface area contributed by atoms with E-state index in [2.05, 4.69) is 20.6 Å². The normalized spacial score (nSPS) is 10.9. The van der Waals surface area contributed by atoms with Crippen molar-refractivity contribution < 1.29 is 13.2 Å². The predicted molar refractivity (Wildman–Crippen MR) is 96.2 cm³/mol. The van der Waals surface area contributed by atoms with Gasteiger partial charge in [0.25, 0.3) is 0 Å². The van der Waals surface area contributed by atoms with Gasteiger partial charge < -0.3 is 10.6 Å². The highest BCUT2D eigenvalue weighted by atomic mass is 35.5. The molecule has 0 aliphatic carbocycles. The van der Waals surface area contributed by atoms with E-state index < -0.39 is 11.7 Å². The lowest BCUT2D eigenvalue weighted by atomic mass is 10.2. The average Bonchev–Trinajstić information content (AvgIpc) is 2.63. The zero-order valence-electron chi connectivity index (χ0n) is 13.5. The Kier molecular flexibility index (Phi) is 5.14. The first kappa shape index (κ1) is 18.5. The van der Waals surface area contributed by atoms with Gasteiger partial charge in [-0.1, -0.05) is 11.6 Å². The SMILES string of the molecule is N#Cc1ccc(Nc2ccnc(Nc3cc(C(F)(F)F)ccc3Cl)n2)cc1. The third-order valence-corrected chi connectivity index (χ3v) is 3.81. The maximum Gasteiger partial charge on any atom is 0.416 e. The van der Waals surface area contributed by atoms with Gasteiger partial charge in [0.1, 0.15) is 5.82 Å². The van der Waals surface area contributed by atoms with Crippen LogP contribution in [0.15, 0.2) is 54.7 Å². The van der Waals surface area contributed by atoms with Gasteiger partial charge in [-0.2, -0.15) is 23.4 Å². The van der Waals surface area contributed by atoms with Crippen LogP contribution in [-0.2, 0) is 6.18 Å². The van der Waals surface area contributed by atoms with Crippen LogP contribution in [0.1, 0.15) is 11.1 Å². The molecule has 0 bridgehead atoms. The first-order chi connectivity index (χ1) is 12.8. The van der Waals surface area contributed by atoms with Gasteiger partial charge in [0.05, 0.1) is 27.9 Å². The molecule has 1 aromatic heterocycles. The van der Waals surface area contributed by atoms with Crippen molar-refractivity contribution in [3.05, 3.63) is 70.9 Å². The van der Waals surface area contributed by atoms with Crippen LogP contribution in [0.4, 0.5) is 36.3 Å². The molecular weight excluding hydrogens is 379 g/mol. The summed E-state index contributed by atoms with van der Waals surface area (Å²) in [6.45, 7) is 0. The molecule has 2 N–H and O–H groups in total. The number of hydrogen-bond donors (Lipinski definition) is 2. The average molecular weight is 390 g/mol. The van der Waals surface area contributed by atoms with Crippen molar-refractivity contribution in [3.8, 4) is 6.07 Å². The van der Waals surface area contributed by atoms with Crippen LogP contribution >= 0.6 is 11.6 Å². The van der Waals surface area contributed by atoms with E-state index in [9.17, 15) is 13.2 Å². The molecule has 9 heteroatoms. The Hall–Kier alpha value is -3.31. The molecule has 1 heterocycles. The molecular formula is C18H11ClF3N5. The molecule has 2 aromatic carbocycles. The summed E-state index contributed by atoms with van der Waals surface area (Å²) in [4.78, 5) is 8.19. The van der Waals surface area contributed by atoms with Crippen molar-refractivity contribution in [3.63, 3.8) is 0 Å². The summed E-state index contributed by atoms with van der Waals surface area (Å²) in [5.74, 6) is 0.496. The minimum Gasteiger partial charge on any atom is -0.340 e. The van der Waals surface area contributed by atoms with Crippen molar-refractivity contribution in [1.29, 1.82) is 5.26 Å². The van der Waals surface area contributed by atoms with Gasteiger partial charge in [0.2, 0.25) is 5.95 Å². The van der Waals surface area contributed by atoms with Crippen molar-refractivity contribution >= 4 is 34.7 Å². The molecule has 0 saturated carbocycles. The lowest BCUT2D eigenvalue weighted by Gasteiger charge is -2.12. The van der Waals surface area contributed by atoms with Crippen LogP contribution in [0, 0.1) is 11.3 Å². The van der Waals surface area contributed by atoms with Crippen LogP contribution in [0.3, 0.4) is 0 Å². The predicted octanol–water partition coefficient (Wildman–Crippen LogP) is 5.51. The Balaban J connectivity index is 1.81. The number of nitriles is 1. The third-order valence-electron chi connectivity index (χ3n) is 3.48. The van der Waals surface area contributed by atoms with Gasteiger partial charge in [0, 0.05) is 11.9 Å². The molecule has 0 aliphatic rings. The zero-order valence-corrected chi connectivity index (χ0v) is 14.3. The van der Waals surface area contributed by atoms with E-state index in [1.807, 2.05) is 6.07 Å². The van der Waals surface area contributed by atoms with Crippen molar-refractivity contribution in [2.45, 2.75) is 6.18 Å². The molecule has 3 aromatic rings. The first-order valence-corrected chi connectivity index (χ1v) is 7.97. The molecule has 27 heavy (non-hydrogen) atoms. The van der Waals surface area contributed by atoms with Crippen LogP contribution in [-0.4, -0.2) is 9.97 Å². The Labute approximate surface area is 157 Å². The van der Waals surface area contributed by atoms with Gasteiger partial charge in [-0.3, -0.25) is 0 Å². The molecule has 0 amide bonds. The summed E-state index contributed by atoms with van der Waals surface area (Å²) in [6, 6.07) is 13.3. The maximum absolute atomic E-state index is 12.9. The standard InChI is InChI=1S/C18H11ClF3N5/c19-14-6-3-12(18(20,21)22)9-15(14)26-17-24-8-7-16(27-17)25-13-4-1-11(10-23)2-5-13/h1-9H,(H2,24,25,26,27). The fraction of sp³-hybridized carbons (Fsp3) is 0.0556. The molecule has 0 saturated heterocycles. The highest BCUT2D eigenvalue weighted by molar-refractivity contribution is 6.33. The second-order valence-electron chi connectivity index (χ2n) is 5.40. The molecule has 0 unspecified atom stereocenters. The summed E-state index contributed by atoms with van der Waals surface area (Å²) in [5.41, 5.74) is 0.420. The quantitative estimate of drug-likeness (QED) is 0.615. The molecule has 0 atom stereocenters. The van der Waals surface area contributed by atoms with Gasteiger partial charge in [0.15, 0.2) is 0 Å². The number of benzene rings is 2. The molecule has 5 nitrogen and oxygen atoms in total. The van der Waals surface area contributed by atoms with Gasteiger partial charge in [-0.15, -0.1) is 0 Å². The maximum atomic E-state index is 12.9. The van der Waals surface area contributed by atoms with E-state index in [1.54, 1.807) is 30.3 Å². The summed E-state index contributed by atoms with van der Waals surface area (Å²) in [7, 11) is 0. The summed E-state index contributed by atoms with van der Waals surface area (Å²) in [5, 5.41) is 14.6. The lowest BCUT2D eigenvalue weighted by molar-refractivity contribution is -0.137. The van der Waals surface area contributed by atoms with E-state index in [0.717, 1.165) is 18.2 Å². The first-order valence-electron chi connectivity index (χ1n) is 7.59. The molecule has 0 aliphatic heterocycles. The number of hydrogen-bond acceptors (Lipinski definition) is 5. The van der Waals surface area contributed by atoms with Crippen LogP contribution < -0.4 is 10.6 Å². The number of anilines is 4. The van der Waals surface area contributed by atoms with Gasteiger partial charge in [-0.25, -0.2) is 4.98 Å². The largest absolute Gasteiger partial charge is 0.416 e. The monoisotopic (exact) mass is 389 g/mol. The molecule has 136 valence electrons. The fourth-order valence-corrected chi connectivity index (χ4v) is 2.35. The second kappa shape index (κ2) is 7.51.